The number of hydrogen-bond donors (Lipinski definition) is 3. The van der Waals surface area contributed by atoms with Crippen LogP contribution >= 0.6 is 15.9 Å². The summed E-state index contributed by atoms with van der Waals surface area (Å²) in [5.41, 5.74) is 8.62. The molecule has 4 N–H and O–H groups in total. The lowest BCUT2D eigenvalue weighted by atomic mass is 10.1. The van der Waals surface area contributed by atoms with Gasteiger partial charge >= 0.3 is 0 Å². The Hall–Kier alpha value is -2.34. The van der Waals surface area contributed by atoms with Crippen molar-refractivity contribution in [2.75, 3.05) is 11.1 Å². The van der Waals surface area contributed by atoms with E-state index in [4.69, 9.17) is 5.73 Å². The fourth-order valence-corrected chi connectivity index (χ4v) is 2.34. The van der Waals surface area contributed by atoms with Gasteiger partial charge in [0.05, 0.1) is 11.3 Å². The molecule has 1 amide bonds. The summed E-state index contributed by atoms with van der Waals surface area (Å²) in [6, 6.07) is 9.02. The molecule has 5 nitrogen and oxygen atoms in total. The summed E-state index contributed by atoms with van der Waals surface area (Å²) in [6.07, 6.45) is 1.67. The Morgan fingerprint density at radius 3 is 2.90 bits per heavy atom. The third kappa shape index (κ3) is 2.62. The van der Waals surface area contributed by atoms with Crippen molar-refractivity contribution in [1.29, 1.82) is 0 Å². The molecule has 0 radical (unpaired) electrons. The highest BCUT2D eigenvalue weighted by Crippen LogP contribution is 2.22. The van der Waals surface area contributed by atoms with Crippen molar-refractivity contribution in [3.63, 3.8) is 0 Å². The Morgan fingerprint density at radius 1 is 1.33 bits per heavy atom. The predicted molar refractivity (Wildman–Crippen MR) is 87.3 cm³/mol. The van der Waals surface area contributed by atoms with Crippen LogP contribution in [0.4, 0.5) is 11.5 Å². The van der Waals surface area contributed by atoms with Gasteiger partial charge in [0.25, 0.3) is 5.91 Å². The van der Waals surface area contributed by atoms with E-state index in [1.54, 1.807) is 24.4 Å². The predicted octanol–water partition coefficient (Wildman–Crippen LogP) is 3.47. The van der Waals surface area contributed by atoms with Gasteiger partial charge in [-0.3, -0.25) is 4.79 Å². The lowest BCUT2D eigenvalue weighted by molar-refractivity contribution is 0.102. The minimum absolute atomic E-state index is 0.221. The third-order valence-corrected chi connectivity index (χ3v) is 4.05. The van der Waals surface area contributed by atoms with E-state index >= 15 is 0 Å². The molecule has 0 aliphatic heterocycles. The number of rotatable bonds is 2. The van der Waals surface area contributed by atoms with Crippen LogP contribution in [-0.2, 0) is 0 Å². The molecule has 0 aliphatic carbocycles. The fourth-order valence-electron chi connectivity index (χ4n) is 2.12. The number of halogens is 1. The lowest BCUT2D eigenvalue weighted by Crippen LogP contribution is -2.12. The number of nitrogens with zero attached hydrogens (tertiary/aromatic N) is 1. The van der Waals surface area contributed by atoms with Crippen molar-refractivity contribution in [3.8, 4) is 0 Å². The number of carbonyl (C=O) groups excluding carboxylic acids is 1. The molecular weight excluding hydrogens is 332 g/mol. The molecule has 0 spiro atoms. The van der Waals surface area contributed by atoms with Gasteiger partial charge in [-0.25, -0.2) is 4.98 Å². The number of aromatic amines is 1. The maximum atomic E-state index is 12.4. The van der Waals surface area contributed by atoms with Gasteiger partial charge in [-0.05, 0) is 53.2 Å². The van der Waals surface area contributed by atoms with Crippen LogP contribution in [0, 0.1) is 6.92 Å². The van der Waals surface area contributed by atoms with Crippen LogP contribution in [0.1, 0.15) is 16.1 Å². The molecule has 2 heterocycles. The molecule has 0 saturated heterocycles. The van der Waals surface area contributed by atoms with Crippen LogP contribution in [0.2, 0.25) is 0 Å². The summed E-state index contributed by atoms with van der Waals surface area (Å²) in [6.45, 7) is 1.87. The second-order valence-electron chi connectivity index (χ2n) is 4.73. The third-order valence-electron chi connectivity index (χ3n) is 3.21. The number of fused-ring (bicyclic) bond motifs is 1. The average Bonchev–Trinajstić information content (AvgIpc) is 2.86. The first kappa shape index (κ1) is 13.6. The summed E-state index contributed by atoms with van der Waals surface area (Å²) in [5.74, 6) is 0.292. The molecule has 3 rings (SSSR count). The topological polar surface area (TPSA) is 83.8 Å². The molecule has 21 heavy (non-hydrogen) atoms. The van der Waals surface area contributed by atoms with Crippen molar-refractivity contribution in [2.24, 2.45) is 0 Å². The second kappa shape index (κ2) is 5.21. The van der Waals surface area contributed by atoms with Gasteiger partial charge in [0.15, 0.2) is 0 Å². The van der Waals surface area contributed by atoms with Crippen molar-refractivity contribution in [1.82, 2.24) is 9.97 Å². The summed E-state index contributed by atoms with van der Waals surface area (Å²) < 4.78 is 0.903. The number of nitrogens with one attached hydrogen (secondary N) is 2. The van der Waals surface area contributed by atoms with Crippen LogP contribution in [0.3, 0.4) is 0 Å². The van der Waals surface area contributed by atoms with Crippen molar-refractivity contribution in [2.45, 2.75) is 6.92 Å². The highest BCUT2D eigenvalue weighted by atomic mass is 79.9. The number of nitrogens with two attached hydrogens (primary N) is 1. The molecule has 6 heteroatoms. The van der Waals surface area contributed by atoms with E-state index in [2.05, 4.69) is 31.2 Å². The zero-order valence-corrected chi connectivity index (χ0v) is 12.9. The van der Waals surface area contributed by atoms with Crippen LogP contribution in [0.15, 0.2) is 41.0 Å². The minimum Gasteiger partial charge on any atom is -0.399 e. The van der Waals surface area contributed by atoms with Gasteiger partial charge in [0, 0.05) is 27.3 Å². The number of nitrogen functional groups attached to an aromatic ring is 1. The van der Waals surface area contributed by atoms with E-state index in [9.17, 15) is 4.79 Å². The number of anilines is 2. The Balaban J connectivity index is 1.93. The quantitative estimate of drug-likeness (QED) is 0.622. The van der Waals surface area contributed by atoms with Gasteiger partial charge in [-0.2, -0.15) is 0 Å². The molecular formula is C15H13BrN4O. The van der Waals surface area contributed by atoms with Crippen molar-refractivity contribution >= 4 is 44.2 Å². The second-order valence-corrected chi connectivity index (χ2v) is 5.58. The highest BCUT2D eigenvalue weighted by molar-refractivity contribution is 9.10. The number of amides is 1. The van der Waals surface area contributed by atoms with E-state index in [0.717, 1.165) is 21.1 Å². The van der Waals surface area contributed by atoms with Crippen LogP contribution in [0.5, 0.6) is 0 Å². The maximum Gasteiger partial charge on any atom is 0.258 e. The number of hydrogen-bond acceptors (Lipinski definition) is 3. The average molecular weight is 345 g/mol. The maximum absolute atomic E-state index is 12.4. The first-order valence-electron chi connectivity index (χ1n) is 6.36. The van der Waals surface area contributed by atoms with E-state index < -0.39 is 0 Å². The molecule has 0 bridgehead atoms. The number of carbonyl (C=O) groups is 1. The molecule has 0 atom stereocenters. The molecule has 1 aromatic carbocycles. The van der Waals surface area contributed by atoms with E-state index in [0.29, 0.717) is 17.1 Å². The van der Waals surface area contributed by atoms with Gasteiger partial charge in [-0.15, -0.1) is 0 Å². The normalized spacial score (nSPS) is 10.8. The zero-order valence-electron chi connectivity index (χ0n) is 11.3. The van der Waals surface area contributed by atoms with Crippen LogP contribution in [0.25, 0.3) is 10.9 Å². The largest absolute Gasteiger partial charge is 0.399 e. The Morgan fingerprint density at radius 2 is 2.14 bits per heavy atom. The Bertz CT molecular complexity index is 841. The highest BCUT2D eigenvalue weighted by Gasteiger charge is 2.13. The first-order valence-corrected chi connectivity index (χ1v) is 7.15. The summed E-state index contributed by atoms with van der Waals surface area (Å²) >= 11 is 3.38. The summed E-state index contributed by atoms with van der Waals surface area (Å²) in [4.78, 5) is 19.7. The summed E-state index contributed by atoms with van der Waals surface area (Å²) in [5, 5.41) is 3.59. The smallest absolute Gasteiger partial charge is 0.258 e. The van der Waals surface area contributed by atoms with Crippen LogP contribution in [-0.4, -0.2) is 15.9 Å². The standard InChI is InChI=1S/C15H13BrN4O/c1-8-12(16)3-5-14(19-8)20-15(21)11-7-18-13-4-2-9(17)6-10(11)13/h2-7,18H,17H2,1H3,(H,19,20,21). The van der Waals surface area contributed by atoms with E-state index in [1.165, 1.54) is 0 Å². The number of pyridine rings is 1. The van der Waals surface area contributed by atoms with E-state index in [1.807, 2.05) is 19.1 Å². The molecule has 0 aliphatic rings. The molecule has 0 fully saturated rings. The minimum atomic E-state index is -0.221. The summed E-state index contributed by atoms with van der Waals surface area (Å²) in [7, 11) is 0. The number of H-pyrrole nitrogens is 1. The SMILES string of the molecule is Cc1nc(NC(=O)c2c[nH]c3ccc(N)cc23)ccc1Br. The van der Waals surface area contributed by atoms with Gasteiger partial charge in [-0.1, -0.05) is 0 Å². The molecule has 106 valence electrons. The van der Waals surface area contributed by atoms with Crippen molar-refractivity contribution in [3.05, 3.63) is 52.3 Å². The fraction of sp³-hybridized carbons (Fsp3) is 0.0667. The van der Waals surface area contributed by atoms with Crippen molar-refractivity contribution < 1.29 is 4.79 Å². The van der Waals surface area contributed by atoms with Gasteiger partial charge < -0.3 is 16.0 Å². The molecule has 2 aromatic heterocycles. The lowest BCUT2D eigenvalue weighted by Gasteiger charge is -2.05. The van der Waals surface area contributed by atoms with Crippen LogP contribution < -0.4 is 11.1 Å². The number of benzene rings is 1. The Kier molecular flexibility index (Phi) is 3.39. The van der Waals surface area contributed by atoms with E-state index in [-0.39, 0.29) is 5.91 Å². The van der Waals surface area contributed by atoms with Gasteiger partial charge in [0.1, 0.15) is 5.82 Å². The molecule has 0 saturated carbocycles. The number of aromatic nitrogens is 2. The number of aryl methyl sites for hydroxylation is 1. The molecule has 3 aromatic rings. The molecule has 0 unspecified atom stereocenters. The monoisotopic (exact) mass is 344 g/mol. The Labute approximate surface area is 129 Å². The first-order chi connectivity index (χ1) is 10.0. The van der Waals surface area contributed by atoms with Gasteiger partial charge in [0.2, 0.25) is 0 Å². The zero-order chi connectivity index (χ0) is 15.0.